The number of alkyl halides is 2. The quantitative estimate of drug-likeness (QED) is 0.804. The van der Waals surface area contributed by atoms with Gasteiger partial charge in [0.15, 0.2) is 0 Å². The summed E-state index contributed by atoms with van der Waals surface area (Å²) >= 11 is 0. The van der Waals surface area contributed by atoms with Crippen LogP contribution in [0, 0.1) is 0 Å². The first-order valence-corrected chi connectivity index (χ1v) is 7.27. The maximum Gasteiger partial charge on any atom is 0.387 e. The third-order valence-corrected chi connectivity index (χ3v) is 3.40. The standard InChI is InChI=1S/C15H20F2N2O3/c16-15(17)22-13-4-2-1-3-11(13)9-19-14(20)10-21-12-5-7-18-8-6-12/h1-4,12,15,18H,5-10H2,(H,19,20). The van der Waals surface area contributed by atoms with Crippen LogP contribution in [0.1, 0.15) is 18.4 Å². The van der Waals surface area contributed by atoms with Crippen LogP contribution in [0.4, 0.5) is 8.78 Å². The molecule has 1 fully saturated rings. The van der Waals surface area contributed by atoms with Gasteiger partial charge in [-0.15, -0.1) is 0 Å². The second-order valence-electron chi connectivity index (χ2n) is 5.02. The number of para-hydroxylation sites is 1. The zero-order valence-electron chi connectivity index (χ0n) is 12.2. The zero-order valence-corrected chi connectivity index (χ0v) is 12.2. The molecule has 7 heteroatoms. The van der Waals surface area contributed by atoms with Crippen molar-refractivity contribution in [3.05, 3.63) is 29.8 Å². The number of ether oxygens (including phenoxy) is 2. The summed E-state index contributed by atoms with van der Waals surface area (Å²) in [7, 11) is 0. The molecule has 1 aliphatic rings. The van der Waals surface area contributed by atoms with Gasteiger partial charge in [-0.25, -0.2) is 0 Å². The van der Waals surface area contributed by atoms with Crippen molar-refractivity contribution in [3.8, 4) is 5.75 Å². The van der Waals surface area contributed by atoms with Crippen LogP contribution < -0.4 is 15.4 Å². The van der Waals surface area contributed by atoms with E-state index in [4.69, 9.17) is 4.74 Å². The summed E-state index contributed by atoms with van der Waals surface area (Å²) in [5, 5.41) is 5.86. The number of hydrogen-bond donors (Lipinski definition) is 2. The third-order valence-electron chi connectivity index (χ3n) is 3.40. The molecule has 0 aromatic heterocycles. The predicted molar refractivity (Wildman–Crippen MR) is 76.8 cm³/mol. The lowest BCUT2D eigenvalue weighted by molar-refractivity contribution is -0.128. The maximum absolute atomic E-state index is 12.3. The van der Waals surface area contributed by atoms with Gasteiger partial charge in [-0.3, -0.25) is 4.79 Å². The molecule has 5 nitrogen and oxygen atoms in total. The smallest absolute Gasteiger partial charge is 0.387 e. The van der Waals surface area contributed by atoms with E-state index in [1.807, 2.05) is 0 Å². The molecule has 1 heterocycles. The molecule has 0 atom stereocenters. The van der Waals surface area contributed by atoms with E-state index in [0.29, 0.717) is 5.56 Å². The highest BCUT2D eigenvalue weighted by molar-refractivity contribution is 5.77. The fourth-order valence-electron chi connectivity index (χ4n) is 2.26. The number of halogens is 2. The predicted octanol–water partition coefficient (Wildman–Crippen LogP) is 1.67. The van der Waals surface area contributed by atoms with E-state index < -0.39 is 6.61 Å². The highest BCUT2D eigenvalue weighted by atomic mass is 19.3. The first-order chi connectivity index (χ1) is 10.6. The summed E-state index contributed by atoms with van der Waals surface area (Å²) in [6.45, 7) is -1.00. The molecule has 0 saturated carbocycles. The van der Waals surface area contributed by atoms with Crippen LogP contribution in [0.2, 0.25) is 0 Å². The Labute approximate surface area is 128 Å². The lowest BCUT2D eigenvalue weighted by Gasteiger charge is -2.22. The number of carbonyl (C=O) groups is 1. The molecule has 2 N–H and O–H groups in total. The van der Waals surface area contributed by atoms with Crippen LogP contribution in [-0.4, -0.2) is 38.3 Å². The average Bonchev–Trinajstić information content (AvgIpc) is 2.52. The highest BCUT2D eigenvalue weighted by Crippen LogP contribution is 2.19. The zero-order chi connectivity index (χ0) is 15.8. The van der Waals surface area contributed by atoms with E-state index in [9.17, 15) is 13.6 Å². The second kappa shape index (κ2) is 8.65. The summed E-state index contributed by atoms with van der Waals surface area (Å²) in [4.78, 5) is 11.8. The molecule has 0 aliphatic carbocycles. The Balaban J connectivity index is 1.76. The van der Waals surface area contributed by atoms with E-state index in [2.05, 4.69) is 15.4 Å². The van der Waals surface area contributed by atoms with Gasteiger partial charge in [0.05, 0.1) is 6.10 Å². The van der Waals surface area contributed by atoms with Gasteiger partial charge >= 0.3 is 6.61 Å². The lowest BCUT2D eigenvalue weighted by atomic mass is 10.1. The summed E-state index contributed by atoms with van der Waals surface area (Å²) in [5.74, 6) is -0.206. The summed E-state index contributed by atoms with van der Waals surface area (Å²) in [5.41, 5.74) is 0.498. The number of piperidine rings is 1. The van der Waals surface area contributed by atoms with Gasteiger partial charge in [0, 0.05) is 12.1 Å². The molecule has 0 spiro atoms. The molecule has 1 aromatic rings. The summed E-state index contributed by atoms with van der Waals surface area (Å²) < 4.78 is 34.5. The Morgan fingerprint density at radius 2 is 2.05 bits per heavy atom. The van der Waals surface area contributed by atoms with Crippen LogP contribution in [-0.2, 0) is 16.1 Å². The van der Waals surface area contributed by atoms with Gasteiger partial charge in [-0.05, 0) is 32.0 Å². The number of carbonyl (C=O) groups excluding carboxylic acids is 1. The topological polar surface area (TPSA) is 59.6 Å². The number of benzene rings is 1. The normalized spacial score (nSPS) is 15.8. The summed E-state index contributed by atoms with van der Waals surface area (Å²) in [6, 6.07) is 6.37. The number of nitrogens with one attached hydrogen (secondary N) is 2. The average molecular weight is 314 g/mol. The fraction of sp³-hybridized carbons (Fsp3) is 0.533. The first-order valence-electron chi connectivity index (χ1n) is 7.27. The van der Waals surface area contributed by atoms with Crippen molar-refractivity contribution < 1.29 is 23.0 Å². The maximum atomic E-state index is 12.3. The Morgan fingerprint density at radius 1 is 1.32 bits per heavy atom. The Hall–Kier alpha value is -1.73. The molecule has 0 unspecified atom stereocenters. The third kappa shape index (κ3) is 5.57. The highest BCUT2D eigenvalue weighted by Gasteiger charge is 2.15. The summed E-state index contributed by atoms with van der Waals surface area (Å²) in [6.07, 6.45) is 1.87. The van der Waals surface area contributed by atoms with Crippen LogP contribution in [0.5, 0.6) is 5.75 Å². The molecule has 0 bridgehead atoms. The fourth-order valence-corrected chi connectivity index (χ4v) is 2.26. The molecule has 1 aliphatic heterocycles. The van der Waals surface area contributed by atoms with Crippen molar-refractivity contribution in [2.45, 2.75) is 32.1 Å². The van der Waals surface area contributed by atoms with E-state index in [1.54, 1.807) is 18.2 Å². The van der Waals surface area contributed by atoms with E-state index in [-0.39, 0.29) is 30.9 Å². The van der Waals surface area contributed by atoms with Crippen LogP contribution in [0.3, 0.4) is 0 Å². The SMILES string of the molecule is O=C(COC1CCNCC1)NCc1ccccc1OC(F)F. The minimum absolute atomic E-state index is 0.0253. The monoisotopic (exact) mass is 314 g/mol. The van der Waals surface area contributed by atoms with Gasteiger partial charge in [-0.1, -0.05) is 18.2 Å². The Bertz CT molecular complexity index is 480. The molecule has 122 valence electrons. The number of hydrogen-bond acceptors (Lipinski definition) is 4. The second-order valence-corrected chi connectivity index (χ2v) is 5.02. The van der Waals surface area contributed by atoms with E-state index >= 15 is 0 Å². The molecule has 1 saturated heterocycles. The van der Waals surface area contributed by atoms with Gasteiger partial charge in [-0.2, -0.15) is 8.78 Å². The Kier molecular flexibility index (Phi) is 6.54. The van der Waals surface area contributed by atoms with Crippen LogP contribution in [0.25, 0.3) is 0 Å². The van der Waals surface area contributed by atoms with E-state index in [1.165, 1.54) is 6.07 Å². The minimum Gasteiger partial charge on any atom is -0.434 e. The largest absolute Gasteiger partial charge is 0.434 e. The minimum atomic E-state index is -2.89. The van der Waals surface area contributed by atoms with Crippen molar-refractivity contribution in [1.82, 2.24) is 10.6 Å². The van der Waals surface area contributed by atoms with Gasteiger partial charge in [0.25, 0.3) is 0 Å². The van der Waals surface area contributed by atoms with Crippen molar-refractivity contribution >= 4 is 5.91 Å². The van der Waals surface area contributed by atoms with Crippen molar-refractivity contribution in [2.24, 2.45) is 0 Å². The molecule has 0 radical (unpaired) electrons. The molecular weight excluding hydrogens is 294 g/mol. The van der Waals surface area contributed by atoms with Crippen molar-refractivity contribution in [3.63, 3.8) is 0 Å². The van der Waals surface area contributed by atoms with E-state index in [0.717, 1.165) is 25.9 Å². The molecular formula is C15H20F2N2O3. The Morgan fingerprint density at radius 3 is 2.77 bits per heavy atom. The van der Waals surface area contributed by atoms with Crippen LogP contribution in [0.15, 0.2) is 24.3 Å². The number of rotatable bonds is 7. The van der Waals surface area contributed by atoms with Gasteiger partial charge in [0.1, 0.15) is 12.4 Å². The van der Waals surface area contributed by atoms with Crippen molar-refractivity contribution in [1.29, 1.82) is 0 Å². The molecule has 2 rings (SSSR count). The van der Waals surface area contributed by atoms with Gasteiger partial charge < -0.3 is 20.1 Å². The van der Waals surface area contributed by atoms with Crippen molar-refractivity contribution in [2.75, 3.05) is 19.7 Å². The molecule has 1 amide bonds. The number of amides is 1. The lowest BCUT2D eigenvalue weighted by Crippen LogP contribution is -2.35. The van der Waals surface area contributed by atoms with Crippen LogP contribution >= 0.6 is 0 Å². The van der Waals surface area contributed by atoms with Gasteiger partial charge in [0.2, 0.25) is 5.91 Å². The first kappa shape index (κ1) is 16.6. The molecule has 22 heavy (non-hydrogen) atoms. The molecule has 1 aromatic carbocycles.